The molecule has 0 aliphatic carbocycles. The summed E-state index contributed by atoms with van der Waals surface area (Å²) in [5.41, 5.74) is 0. The van der Waals surface area contributed by atoms with E-state index in [9.17, 15) is 59.7 Å². The average Bonchev–Trinajstić information content (AvgIpc) is 2.47. The molecule has 0 spiro atoms. The van der Waals surface area contributed by atoms with Crippen LogP contribution in [0.3, 0.4) is 0 Å². The van der Waals surface area contributed by atoms with Crippen LogP contribution in [-0.4, -0.2) is 62.7 Å². The van der Waals surface area contributed by atoms with Crippen molar-refractivity contribution >= 4 is 50.7 Å². The van der Waals surface area contributed by atoms with E-state index in [1.54, 1.807) is 0 Å². The van der Waals surface area contributed by atoms with Crippen LogP contribution >= 0.6 is 0 Å². The summed E-state index contributed by atoms with van der Waals surface area (Å²) >= 11 is 0. The molecule has 0 bridgehead atoms. The van der Waals surface area contributed by atoms with E-state index < -0.39 is 77.8 Å². The van der Waals surface area contributed by atoms with Crippen molar-refractivity contribution < 1.29 is 76.8 Å². The molecule has 1 aromatic carbocycles. The van der Waals surface area contributed by atoms with Gasteiger partial charge in [-0.05, 0) is 0 Å². The molecule has 198 valence electrons. The van der Waals surface area contributed by atoms with Crippen molar-refractivity contribution in [3.05, 3.63) is 18.2 Å². The summed E-state index contributed by atoms with van der Waals surface area (Å²) in [5, 5.41) is -4.63. The van der Waals surface area contributed by atoms with Crippen molar-refractivity contribution in [2.24, 2.45) is 0 Å². The van der Waals surface area contributed by atoms with Gasteiger partial charge in [0.25, 0.3) is 0 Å². The van der Waals surface area contributed by atoms with Crippen molar-refractivity contribution in [1.82, 2.24) is 4.13 Å². The van der Waals surface area contributed by atoms with E-state index in [2.05, 4.69) is 12.5 Å². The predicted molar refractivity (Wildman–Crippen MR) is 100 cm³/mol. The van der Waals surface area contributed by atoms with Crippen LogP contribution < -0.4 is 16.7 Å². The Bertz CT molecular complexity index is 1490. The van der Waals surface area contributed by atoms with Gasteiger partial charge in [0, 0.05) is 25.1 Å². The number of hydrogen-bond donors (Lipinski definition) is 2. The average molecular weight is 606 g/mol. The monoisotopic (exact) mass is 605 g/mol. The van der Waals surface area contributed by atoms with Gasteiger partial charge in [-0.3, -0.25) is 4.55 Å². The van der Waals surface area contributed by atoms with Crippen molar-refractivity contribution in [1.29, 1.82) is 0 Å². The lowest BCUT2D eigenvalue weighted by Crippen LogP contribution is -2.40. The molecule has 0 atom stereocenters. The van der Waals surface area contributed by atoms with E-state index >= 15 is 0 Å². The molecular formula is C10H11F4NO14S5. The molecule has 0 aliphatic rings. The molecule has 34 heavy (non-hydrogen) atoms. The normalized spacial score (nSPS) is 14.4. The minimum Gasteiger partial charge on any atom is -0.378 e. The molecule has 0 amide bonds. The van der Waals surface area contributed by atoms with E-state index in [4.69, 9.17) is 4.55 Å². The Labute approximate surface area is 189 Å². The summed E-state index contributed by atoms with van der Waals surface area (Å²) in [6.45, 7) is -0.183. The molecule has 0 fully saturated rings. The summed E-state index contributed by atoms with van der Waals surface area (Å²) < 4.78 is 181. The summed E-state index contributed by atoms with van der Waals surface area (Å²) in [5.74, 6) is -4.46. The highest BCUT2D eigenvalue weighted by Crippen LogP contribution is 2.36. The van der Waals surface area contributed by atoms with Crippen molar-refractivity contribution in [2.75, 3.05) is 6.26 Å². The third-order valence-electron chi connectivity index (χ3n) is 2.76. The number of halogens is 4. The van der Waals surface area contributed by atoms with E-state index in [0.29, 0.717) is 6.26 Å². The number of hydrogen-bond acceptors (Lipinski definition) is 13. The molecule has 0 saturated heterocycles. The van der Waals surface area contributed by atoms with E-state index in [1.807, 2.05) is 0 Å². The van der Waals surface area contributed by atoms with Crippen LogP contribution in [0.2, 0.25) is 0 Å². The maximum absolute atomic E-state index is 13.5. The number of benzene rings is 1. The lowest BCUT2D eigenvalue weighted by molar-refractivity contribution is 0.103. The predicted octanol–water partition coefficient (Wildman–Crippen LogP) is -0.673. The fraction of sp³-hybridized carbons (Fsp3) is 0.400. The van der Waals surface area contributed by atoms with Crippen LogP contribution in [0, 0.1) is 0 Å². The topological polar surface area (TPSA) is 231 Å². The molecule has 0 aromatic heterocycles. The van der Waals surface area contributed by atoms with Crippen molar-refractivity contribution in [3.8, 4) is 17.2 Å². The van der Waals surface area contributed by atoms with Crippen LogP contribution in [0.1, 0.15) is 6.92 Å². The third kappa shape index (κ3) is 7.51. The summed E-state index contributed by atoms with van der Waals surface area (Å²) in [4.78, 5) is 0. The van der Waals surface area contributed by atoms with E-state index in [-0.39, 0.29) is 25.1 Å². The van der Waals surface area contributed by atoms with Crippen LogP contribution in [-0.2, 0) is 50.7 Å². The SMILES string of the molecule is CC(F)(F)S(=O)(=O)Oc1cc(OS(=O)(=O)NS(C)(=O)=O)cc(OS(=O)(=O)C(F)(F)S(=O)(=O)O)c1. The van der Waals surface area contributed by atoms with Gasteiger partial charge in [-0.2, -0.15) is 51.2 Å². The molecule has 2 N–H and O–H groups in total. The van der Waals surface area contributed by atoms with Gasteiger partial charge in [-0.15, -0.1) is 0 Å². The molecular weight excluding hydrogens is 594 g/mol. The van der Waals surface area contributed by atoms with Crippen molar-refractivity contribution in [2.45, 2.75) is 16.8 Å². The number of alkyl halides is 4. The van der Waals surface area contributed by atoms with Crippen LogP contribution in [0.5, 0.6) is 17.2 Å². The Hall–Kier alpha value is -1.99. The third-order valence-corrected chi connectivity index (χ3v) is 9.32. The fourth-order valence-corrected chi connectivity index (χ4v) is 5.57. The quantitative estimate of drug-likeness (QED) is 0.181. The second-order valence-electron chi connectivity index (χ2n) is 5.85. The summed E-state index contributed by atoms with van der Waals surface area (Å²) in [6, 6.07) is 0.137. The molecule has 15 nitrogen and oxygen atoms in total. The highest BCUT2D eigenvalue weighted by atomic mass is 32.3. The minimum atomic E-state index is -6.69. The molecule has 24 heteroatoms. The maximum atomic E-state index is 13.5. The fourth-order valence-electron chi connectivity index (χ4n) is 1.52. The standard InChI is InChI=1S/C10H11F4NO14S5/c1-9(11,12)32(21,22)27-6-3-7(28-33(23,24)10(13,14)31(18,19)20)5-8(4-6)29-34(25,26)15-30(2,16)17/h3-5,15H,1-2H3,(H,18,19,20). The zero-order chi connectivity index (χ0) is 27.2. The van der Waals surface area contributed by atoms with Gasteiger partial charge in [0.1, 0.15) is 11.5 Å². The molecule has 0 aliphatic heterocycles. The smallest absolute Gasteiger partial charge is 0.378 e. The first-order chi connectivity index (χ1) is 14.7. The molecule has 0 unspecified atom stereocenters. The summed E-state index contributed by atoms with van der Waals surface area (Å²) in [6.07, 6.45) is 0.321. The van der Waals surface area contributed by atoms with Crippen LogP contribution in [0.25, 0.3) is 0 Å². The Morgan fingerprint density at radius 3 is 1.41 bits per heavy atom. The Morgan fingerprint density at radius 1 is 0.735 bits per heavy atom. The largest absolute Gasteiger partial charge is 0.506 e. The second kappa shape index (κ2) is 8.90. The first-order valence-corrected chi connectivity index (χ1v) is 14.9. The van der Waals surface area contributed by atoms with Crippen molar-refractivity contribution in [3.63, 3.8) is 0 Å². The van der Waals surface area contributed by atoms with Gasteiger partial charge in [0.05, 0.1) is 6.26 Å². The number of nitrogens with one attached hydrogen (secondary N) is 1. The maximum Gasteiger partial charge on any atom is 0.506 e. The zero-order valence-electron chi connectivity index (χ0n) is 16.0. The van der Waals surface area contributed by atoms with Gasteiger partial charge in [-0.25, -0.2) is 8.42 Å². The van der Waals surface area contributed by atoms with Gasteiger partial charge >= 0.3 is 50.5 Å². The second-order valence-corrected chi connectivity index (χ2v) is 14.2. The van der Waals surface area contributed by atoms with Crippen LogP contribution in [0.15, 0.2) is 18.2 Å². The lowest BCUT2D eigenvalue weighted by atomic mass is 10.3. The molecule has 1 rings (SSSR count). The Morgan fingerprint density at radius 2 is 1.09 bits per heavy atom. The van der Waals surface area contributed by atoms with Gasteiger partial charge in [0.15, 0.2) is 5.75 Å². The number of sulfonamides is 1. The Balaban J connectivity index is 3.66. The van der Waals surface area contributed by atoms with Gasteiger partial charge in [0.2, 0.25) is 10.0 Å². The summed E-state index contributed by atoms with van der Waals surface area (Å²) in [7, 11) is -29.2. The van der Waals surface area contributed by atoms with Crippen LogP contribution in [0.4, 0.5) is 17.6 Å². The number of rotatable bonds is 11. The first kappa shape index (κ1) is 30.0. The lowest BCUT2D eigenvalue weighted by Gasteiger charge is -2.16. The highest BCUT2D eigenvalue weighted by molar-refractivity contribution is 8.05. The van der Waals surface area contributed by atoms with Gasteiger partial charge < -0.3 is 12.5 Å². The first-order valence-electron chi connectivity index (χ1n) is 7.38. The molecule has 0 radical (unpaired) electrons. The van der Waals surface area contributed by atoms with Gasteiger partial charge in [-0.1, -0.05) is 4.13 Å². The molecule has 1 aromatic rings. The molecule has 0 saturated carbocycles. The van der Waals surface area contributed by atoms with E-state index in [0.717, 1.165) is 4.13 Å². The minimum absolute atomic E-state index is 0.0234. The van der Waals surface area contributed by atoms with E-state index in [1.165, 1.54) is 0 Å². The Kier molecular flexibility index (Phi) is 7.87. The molecule has 0 heterocycles. The zero-order valence-corrected chi connectivity index (χ0v) is 20.1. The highest BCUT2D eigenvalue weighted by Gasteiger charge is 2.60.